The molecule has 0 aromatic carbocycles. The minimum absolute atomic E-state index is 0.637. The molecule has 4 nitrogen and oxygen atoms in total. The molecule has 2 heterocycles. The molecule has 0 saturated heterocycles. The van der Waals surface area contributed by atoms with Crippen molar-refractivity contribution in [3.63, 3.8) is 0 Å². The monoisotopic (exact) mass is 213 g/mol. The zero-order valence-corrected chi connectivity index (χ0v) is 8.76. The second-order valence-electron chi connectivity index (χ2n) is 3.78. The first-order valence-electron chi connectivity index (χ1n) is 5.36. The summed E-state index contributed by atoms with van der Waals surface area (Å²) in [5.74, 6) is 0.637. The molecule has 0 spiro atoms. The van der Waals surface area contributed by atoms with Crippen LogP contribution in [-0.4, -0.2) is 16.4 Å². The Bertz CT molecular complexity index is 516. The molecular weight excluding hydrogens is 202 g/mol. The number of rotatable bonds is 2. The molecule has 1 aliphatic rings. The number of hydrogen-bond donors (Lipinski definition) is 0. The molecule has 0 radical (unpaired) electrons. The number of aliphatic imine (C=N–C) groups is 1. The lowest BCUT2D eigenvalue weighted by atomic mass is 10.3. The van der Waals surface area contributed by atoms with Gasteiger partial charge in [-0.3, -0.25) is 4.98 Å². The Labute approximate surface area is 93.0 Å². The van der Waals surface area contributed by atoms with Gasteiger partial charge in [0.2, 0.25) is 0 Å². The Morgan fingerprint density at radius 3 is 3.19 bits per heavy atom. The van der Waals surface area contributed by atoms with Crippen molar-refractivity contribution >= 4 is 12.1 Å². The second-order valence-corrected chi connectivity index (χ2v) is 3.78. The molecule has 0 aliphatic heterocycles. The van der Waals surface area contributed by atoms with Crippen LogP contribution in [0, 0.1) is 0 Å². The minimum atomic E-state index is 0.637. The van der Waals surface area contributed by atoms with Gasteiger partial charge in [0.05, 0.1) is 17.6 Å². The molecule has 0 atom stereocenters. The number of nitrogens with zero attached hydrogens (tertiary/aromatic N) is 3. The van der Waals surface area contributed by atoms with Crippen LogP contribution in [0.3, 0.4) is 0 Å². The molecule has 80 valence electrons. The standard InChI is InChI=1S/C12H11N3O/c1-2-7-13-9(4-1)8-14-12-10-5-3-6-11(10)15-16-12/h1-2,4,7-8H,3,5-6H2/b14-8-. The maximum atomic E-state index is 5.18. The molecule has 0 N–H and O–H groups in total. The molecule has 2 aromatic heterocycles. The van der Waals surface area contributed by atoms with E-state index in [4.69, 9.17) is 4.52 Å². The number of pyridine rings is 1. The fraction of sp³-hybridized carbons (Fsp3) is 0.250. The van der Waals surface area contributed by atoms with Gasteiger partial charge >= 0.3 is 0 Å². The highest BCUT2D eigenvalue weighted by atomic mass is 16.5. The van der Waals surface area contributed by atoms with Gasteiger partial charge in [0, 0.05) is 11.8 Å². The van der Waals surface area contributed by atoms with Crippen molar-refractivity contribution < 1.29 is 4.52 Å². The quantitative estimate of drug-likeness (QED) is 0.719. The van der Waals surface area contributed by atoms with Gasteiger partial charge in [0.15, 0.2) is 0 Å². The van der Waals surface area contributed by atoms with E-state index in [2.05, 4.69) is 15.1 Å². The van der Waals surface area contributed by atoms with Gasteiger partial charge in [-0.25, -0.2) is 4.99 Å². The second kappa shape index (κ2) is 3.89. The largest absolute Gasteiger partial charge is 0.336 e. The molecule has 1 aliphatic carbocycles. The first-order valence-corrected chi connectivity index (χ1v) is 5.36. The Morgan fingerprint density at radius 2 is 2.31 bits per heavy atom. The number of hydrogen-bond acceptors (Lipinski definition) is 4. The van der Waals surface area contributed by atoms with Crippen molar-refractivity contribution in [2.75, 3.05) is 0 Å². The van der Waals surface area contributed by atoms with Crippen LogP contribution in [0.25, 0.3) is 0 Å². The fourth-order valence-electron chi connectivity index (χ4n) is 1.89. The Morgan fingerprint density at radius 1 is 1.31 bits per heavy atom. The lowest BCUT2D eigenvalue weighted by Crippen LogP contribution is -1.84. The molecule has 3 rings (SSSR count). The van der Waals surface area contributed by atoms with Crippen LogP contribution < -0.4 is 0 Å². The predicted molar refractivity (Wildman–Crippen MR) is 60.0 cm³/mol. The summed E-state index contributed by atoms with van der Waals surface area (Å²) in [5.41, 5.74) is 3.05. The first-order chi connectivity index (χ1) is 7.93. The van der Waals surface area contributed by atoms with Crippen molar-refractivity contribution in [2.24, 2.45) is 4.99 Å². The topological polar surface area (TPSA) is 51.3 Å². The SMILES string of the molecule is C(=N/c1onc2c1CCC2)/c1ccccn1. The Hall–Kier alpha value is -1.97. The van der Waals surface area contributed by atoms with Crippen molar-refractivity contribution in [3.05, 3.63) is 41.3 Å². The lowest BCUT2D eigenvalue weighted by molar-refractivity contribution is 0.419. The van der Waals surface area contributed by atoms with Crippen LogP contribution in [0.4, 0.5) is 5.88 Å². The summed E-state index contributed by atoms with van der Waals surface area (Å²) in [6.45, 7) is 0. The van der Waals surface area contributed by atoms with E-state index in [1.165, 1.54) is 0 Å². The molecule has 0 bridgehead atoms. The van der Waals surface area contributed by atoms with Gasteiger partial charge in [-0.05, 0) is 31.4 Å². The fourth-order valence-corrected chi connectivity index (χ4v) is 1.89. The van der Waals surface area contributed by atoms with E-state index in [1.807, 2.05) is 18.2 Å². The van der Waals surface area contributed by atoms with E-state index >= 15 is 0 Å². The van der Waals surface area contributed by atoms with Crippen LogP contribution in [0.15, 0.2) is 33.9 Å². The van der Waals surface area contributed by atoms with Gasteiger partial charge in [0.1, 0.15) is 0 Å². The van der Waals surface area contributed by atoms with E-state index in [0.717, 1.165) is 36.2 Å². The average molecular weight is 213 g/mol. The van der Waals surface area contributed by atoms with Gasteiger partial charge in [0.25, 0.3) is 5.88 Å². The Balaban J connectivity index is 1.87. The third-order valence-electron chi connectivity index (χ3n) is 2.69. The van der Waals surface area contributed by atoms with Crippen molar-refractivity contribution in [1.29, 1.82) is 0 Å². The van der Waals surface area contributed by atoms with Gasteiger partial charge in [-0.15, -0.1) is 0 Å². The van der Waals surface area contributed by atoms with E-state index in [-0.39, 0.29) is 0 Å². The molecule has 2 aromatic rings. The van der Waals surface area contributed by atoms with Crippen LogP contribution in [0.1, 0.15) is 23.4 Å². The summed E-state index contributed by atoms with van der Waals surface area (Å²) in [7, 11) is 0. The summed E-state index contributed by atoms with van der Waals surface area (Å²) >= 11 is 0. The zero-order valence-electron chi connectivity index (χ0n) is 8.76. The minimum Gasteiger partial charge on any atom is -0.336 e. The third kappa shape index (κ3) is 1.62. The first kappa shape index (κ1) is 9.27. The van der Waals surface area contributed by atoms with Crippen LogP contribution in [-0.2, 0) is 12.8 Å². The molecule has 4 heteroatoms. The van der Waals surface area contributed by atoms with E-state index in [9.17, 15) is 0 Å². The number of aromatic nitrogens is 2. The van der Waals surface area contributed by atoms with Gasteiger partial charge in [-0.1, -0.05) is 11.2 Å². The van der Waals surface area contributed by atoms with E-state index < -0.39 is 0 Å². The summed E-state index contributed by atoms with van der Waals surface area (Å²) in [6, 6.07) is 5.71. The van der Waals surface area contributed by atoms with Crippen molar-refractivity contribution in [3.8, 4) is 0 Å². The third-order valence-corrected chi connectivity index (χ3v) is 2.69. The summed E-state index contributed by atoms with van der Waals surface area (Å²) in [5, 5.41) is 4.00. The van der Waals surface area contributed by atoms with Gasteiger partial charge in [-0.2, -0.15) is 0 Å². The molecular formula is C12H11N3O. The number of fused-ring (bicyclic) bond motifs is 1. The van der Waals surface area contributed by atoms with E-state index in [1.54, 1.807) is 12.4 Å². The van der Waals surface area contributed by atoms with Crippen LogP contribution in [0.5, 0.6) is 0 Å². The number of aryl methyl sites for hydroxylation is 1. The summed E-state index contributed by atoms with van der Waals surface area (Å²) < 4.78 is 5.18. The normalized spacial score (nSPS) is 14.5. The average Bonchev–Trinajstić information content (AvgIpc) is 2.90. The van der Waals surface area contributed by atoms with Crippen LogP contribution >= 0.6 is 0 Å². The maximum absolute atomic E-state index is 5.18. The van der Waals surface area contributed by atoms with Crippen molar-refractivity contribution in [2.45, 2.75) is 19.3 Å². The predicted octanol–water partition coefficient (Wildman–Crippen LogP) is 2.31. The Kier molecular flexibility index (Phi) is 2.25. The highest BCUT2D eigenvalue weighted by Gasteiger charge is 2.20. The van der Waals surface area contributed by atoms with Gasteiger partial charge < -0.3 is 4.52 Å². The molecule has 0 saturated carbocycles. The molecule has 0 amide bonds. The summed E-state index contributed by atoms with van der Waals surface area (Å²) in [4.78, 5) is 8.45. The molecule has 0 fully saturated rings. The smallest absolute Gasteiger partial charge is 0.253 e. The highest BCUT2D eigenvalue weighted by Crippen LogP contribution is 2.30. The lowest BCUT2D eigenvalue weighted by Gasteiger charge is -1.90. The summed E-state index contributed by atoms with van der Waals surface area (Å²) in [6.07, 6.45) is 6.64. The van der Waals surface area contributed by atoms with Crippen molar-refractivity contribution in [1.82, 2.24) is 10.1 Å². The molecule has 16 heavy (non-hydrogen) atoms. The van der Waals surface area contributed by atoms with E-state index in [0.29, 0.717) is 5.88 Å². The zero-order chi connectivity index (χ0) is 10.8. The maximum Gasteiger partial charge on any atom is 0.253 e. The van der Waals surface area contributed by atoms with Crippen LogP contribution in [0.2, 0.25) is 0 Å². The highest BCUT2D eigenvalue weighted by molar-refractivity contribution is 5.79. The molecule has 0 unspecified atom stereocenters.